The predicted molar refractivity (Wildman–Crippen MR) is 89.9 cm³/mol. The second kappa shape index (κ2) is 8.10. The molecule has 0 heterocycles. The van der Waals surface area contributed by atoms with Crippen LogP contribution < -0.4 is 10.6 Å². The molecule has 0 aliphatic rings. The predicted octanol–water partition coefficient (Wildman–Crippen LogP) is 2.65. The van der Waals surface area contributed by atoms with Crippen molar-refractivity contribution in [3.8, 4) is 0 Å². The van der Waals surface area contributed by atoms with Crippen LogP contribution in [-0.2, 0) is 5.41 Å². The van der Waals surface area contributed by atoms with Crippen LogP contribution in [0.4, 0.5) is 5.69 Å². The van der Waals surface area contributed by atoms with Crippen LogP contribution in [-0.4, -0.2) is 30.5 Å². The van der Waals surface area contributed by atoms with Crippen LogP contribution in [0, 0.1) is 10.1 Å². The summed E-state index contributed by atoms with van der Waals surface area (Å²) in [7, 11) is 1.81. The molecule has 1 aromatic carbocycles. The average molecular weight is 330 g/mol. The lowest BCUT2D eigenvalue weighted by molar-refractivity contribution is -0.386. The van der Waals surface area contributed by atoms with Gasteiger partial charge in [0.2, 0.25) is 0 Å². The van der Waals surface area contributed by atoms with Gasteiger partial charge in [-0.2, -0.15) is 0 Å². The molecular formula is C15H24ClN3O3. The van der Waals surface area contributed by atoms with Gasteiger partial charge in [-0.25, -0.2) is 0 Å². The summed E-state index contributed by atoms with van der Waals surface area (Å²) in [5.41, 5.74) is 0.556. The standard InChI is InChI=1S/C15H23N3O3.ClH/c1-10(16-5)9-17-14(19)11-6-7-12(15(2,3)4)13(8-11)18(20)21;/h6-8,10,16H,9H2,1-5H3,(H,17,19);1H. The minimum Gasteiger partial charge on any atom is -0.350 e. The van der Waals surface area contributed by atoms with Crippen molar-refractivity contribution in [2.24, 2.45) is 0 Å². The molecule has 0 fully saturated rings. The summed E-state index contributed by atoms with van der Waals surface area (Å²) < 4.78 is 0. The van der Waals surface area contributed by atoms with Crippen LogP contribution >= 0.6 is 12.4 Å². The van der Waals surface area contributed by atoms with Crippen molar-refractivity contribution in [1.29, 1.82) is 0 Å². The highest BCUT2D eigenvalue weighted by Gasteiger charge is 2.26. The molecule has 0 bridgehead atoms. The van der Waals surface area contributed by atoms with Crippen LogP contribution in [0.1, 0.15) is 43.6 Å². The van der Waals surface area contributed by atoms with Crippen molar-refractivity contribution in [3.05, 3.63) is 39.4 Å². The van der Waals surface area contributed by atoms with Gasteiger partial charge in [-0.1, -0.05) is 26.8 Å². The molecule has 0 aromatic heterocycles. The number of likely N-dealkylation sites (N-methyl/N-ethyl adjacent to an activating group) is 1. The lowest BCUT2D eigenvalue weighted by Gasteiger charge is -2.19. The van der Waals surface area contributed by atoms with Gasteiger partial charge in [0.15, 0.2) is 0 Å². The molecule has 0 spiro atoms. The van der Waals surface area contributed by atoms with Crippen molar-refractivity contribution in [2.45, 2.75) is 39.2 Å². The number of hydrogen-bond acceptors (Lipinski definition) is 4. The monoisotopic (exact) mass is 329 g/mol. The molecule has 1 amide bonds. The summed E-state index contributed by atoms with van der Waals surface area (Å²) in [6, 6.07) is 4.78. The molecule has 1 aromatic rings. The molecule has 0 aliphatic carbocycles. The second-order valence-corrected chi connectivity index (χ2v) is 6.14. The van der Waals surface area contributed by atoms with Crippen molar-refractivity contribution in [3.63, 3.8) is 0 Å². The quantitative estimate of drug-likeness (QED) is 0.642. The smallest absolute Gasteiger partial charge is 0.273 e. The first-order chi connectivity index (χ1) is 9.66. The van der Waals surface area contributed by atoms with Gasteiger partial charge < -0.3 is 10.6 Å². The van der Waals surface area contributed by atoms with E-state index in [0.717, 1.165) is 0 Å². The summed E-state index contributed by atoms with van der Waals surface area (Å²) in [6.45, 7) is 8.12. The molecule has 0 saturated carbocycles. The van der Waals surface area contributed by atoms with E-state index in [1.54, 1.807) is 19.2 Å². The van der Waals surface area contributed by atoms with E-state index in [1.165, 1.54) is 6.07 Å². The van der Waals surface area contributed by atoms with E-state index in [4.69, 9.17) is 0 Å². The molecular weight excluding hydrogens is 306 g/mol. The Bertz CT molecular complexity index is 541. The van der Waals surface area contributed by atoms with Gasteiger partial charge in [0.25, 0.3) is 11.6 Å². The summed E-state index contributed by atoms with van der Waals surface area (Å²) in [4.78, 5) is 22.8. The number of halogens is 1. The largest absolute Gasteiger partial charge is 0.350 e. The third-order valence-corrected chi connectivity index (χ3v) is 3.33. The van der Waals surface area contributed by atoms with Crippen molar-refractivity contribution >= 4 is 24.0 Å². The van der Waals surface area contributed by atoms with Crippen LogP contribution in [0.5, 0.6) is 0 Å². The van der Waals surface area contributed by atoms with Gasteiger partial charge >= 0.3 is 0 Å². The maximum atomic E-state index is 12.0. The molecule has 7 heteroatoms. The normalized spacial score (nSPS) is 12.2. The zero-order chi connectivity index (χ0) is 16.2. The van der Waals surface area contributed by atoms with E-state index in [0.29, 0.717) is 17.7 Å². The lowest BCUT2D eigenvalue weighted by atomic mass is 9.85. The van der Waals surface area contributed by atoms with Crippen LogP contribution in [0.25, 0.3) is 0 Å². The van der Waals surface area contributed by atoms with E-state index in [1.807, 2.05) is 27.7 Å². The molecule has 2 N–H and O–H groups in total. The SMILES string of the molecule is CNC(C)CNC(=O)c1ccc(C(C)(C)C)c([N+](=O)[O-])c1.Cl. The highest BCUT2D eigenvalue weighted by Crippen LogP contribution is 2.31. The Kier molecular flexibility index (Phi) is 7.49. The zero-order valence-corrected chi connectivity index (χ0v) is 14.4. The van der Waals surface area contributed by atoms with Gasteiger partial charge in [0.1, 0.15) is 0 Å². The number of carbonyl (C=O) groups is 1. The minimum absolute atomic E-state index is 0. The fraction of sp³-hybridized carbons (Fsp3) is 0.533. The first-order valence-electron chi connectivity index (χ1n) is 6.91. The molecule has 22 heavy (non-hydrogen) atoms. The topological polar surface area (TPSA) is 84.3 Å². The molecule has 6 nitrogen and oxygen atoms in total. The number of nitro groups is 1. The fourth-order valence-electron chi connectivity index (χ4n) is 1.91. The number of amides is 1. The van der Waals surface area contributed by atoms with Crippen molar-refractivity contribution in [1.82, 2.24) is 10.6 Å². The first kappa shape index (κ1) is 20.3. The summed E-state index contributed by atoms with van der Waals surface area (Å²) >= 11 is 0. The molecule has 1 atom stereocenters. The maximum Gasteiger partial charge on any atom is 0.273 e. The molecule has 0 aliphatic heterocycles. The Morgan fingerprint density at radius 3 is 2.41 bits per heavy atom. The minimum atomic E-state index is -0.437. The third kappa shape index (κ3) is 5.27. The number of rotatable bonds is 5. The number of hydrogen-bond donors (Lipinski definition) is 2. The number of nitro benzene ring substituents is 1. The van der Waals surface area contributed by atoms with Crippen molar-refractivity contribution in [2.75, 3.05) is 13.6 Å². The van der Waals surface area contributed by atoms with E-state index in [9.17, 15) is 14.9 Å². The van der Waals surface area contributed by atoms with Gasteiger partial charge in [-0.15, -0.1) is 12.4 Å². The molecule has 0 radical (unpaired) electrons. The van der Waals surface area contributed by atoms with Crippen LogP contribution in [0.3, 0.4) is 0 Å². The van der Waals surface area contributed by atoms with E-state index < -0.39 is 4.92 Å². The zero-order valence-electron chi connectivity index (χ0n) is 13.6. The summed E-state index contributed by atoms with van der Waals surface area (Å²) in [6.07, 6.45) is 0. The van der Waals surface area contributed by atoms with Crippen molar-refractivity contribution < 1.29 is 9.72 Å². The molecule has 124 valence electrons. The van der Waals surface area contributed by atoms with E-state index in [-0.39, 0.29) is 35.5 Å². The van der Waals surface area contributed by atoms with Gasteiger partial charge in [-0.3, -0.25) is 14.9 Å². The summed E-state index contributed by atoms with van der Waals surface area (Å²) in [5.74, 6) is -0.305. The van der Waals surface area contributed by atoms with Gasteiger partial charge in [0.05, 0.1) is 4.92 Å². The number of nitrogens with one attached hydrogen (secondary N) is 2. The Morgan fingerprint density at radius 1 is 1.36 bits per heavy atom. The van der Waals surface area contributed by atoms with Crippen LogP contribution in [0.2, 0.25) is 0 Å². The summed E-state index contributed by atoms with van der Waals surface area (Å²) in [5, 5.41) is 17.0. The number of carbonyl (C=O) groups excluding carboxylic acids is 1. The Balaban J connectivity index is 0.00000441. The van der Waals surface area contributed by atoms with Gasteiger partial charge in [0, 0.05) is 29.8 Å². The Morgan fingerprint density at radius 2 is 1.95 bits per heavy atom. The highest BCUT2D eigenvalue weighted by molar-refractivity contribution is 5.95. The third-order valence-electron chi connectivity index (χ3n) is 3.33. The molecule has 0 saturated heterocycles. The van der Waals surface area contributed by atoms with E-state index >= 15 is 0 Å². The average Bonchev–Trinajstić information content (AvgIpc) is 2.42. The fourth-order valence-corrected chi connectivity index (χ4v) is 1.91. The number of nitrogens with zero attached hydrogens (tertiary/aromatic N) is 1. The lowest BCUT2D eigenvalue weighted by Crippen LogP contribution is -2.37. The molecule has 1 unspecified atom stereocenters. The highest BCUT2D eigenvalue weighted by atomic mass is 35.5. The van der Waals surface area contributed by atoms with Gasteiger partial charge in [-0.05, 0) is 25.5 Å². The Labute approximate surface area is 137 Å². The van der Waals surface area contributed by atoms with E-state index in [2.05, 4.69) is 10.6 Å². The molecule has 1 rings (SSSR count). The maximum absolute atomic E-state index is 12.0. The van der Waals surface area contributed by atoms with Crippen LogP contribution in [0.15, 0.2) is 18.2 Å². The number of benzene rings is 1. The first-order valence-corrected chi connectivity index (χ1v) is 6.91. The second-order valence-electron chi connectivity index (χ2n) is 6.14. The Hall–Kier alpha value is -1.66.